The van der Waals surface area contributed by atoms with E-state index in [9.17, 15) is 4.79 Å². The SMILES string of the molecule is CC(C)C(=O)C(N)CCO. The lowest BCUT2D eigenvalue weighted by Crippen LogP contribution is -2.34. The lowest BCUT2D eigenvalue weighted by Gasteiger charge is -2.10. The zero-order valence-electron chi connectivity index (χ0n) is 6.50. The van der Waals surface area contributed by atoms with Gasteiger partial charge in [0.25, 0.3) is 0 Å². The monoisotopic (exact) mass is 145 g/mol. The van der Waals surface area contributed by atoms with Crippen molar-refractivity contribution in [3.63, 3.8) is 0 Å². The Labute approximate surface area is 61.2 Å². The molecule has 0 aliphatic carbocycles. The first-order valence-corrected chi connectivity index (χ1v) is 3.49. The van der Waals surface area contributed by atoms with E-state index in [1.165, 1.54) is 0 Å². The zero-order chi connectivity index (χ0) is 8.15. The molecule has 0 radical (unpaired) electrons. The molecular weight excluding hydrogens is 130 g/mol. The van der Waals surface area contributed by atoms with Crippen LogP contribution in [-0.2, 0) is 4.79 Å². The Bertz CT molecular complexity index is 112. The van der Waals surface area contributed by atoms with Gasteiger partial charge in [-0.05, 0) is 6.42 Å². The Morgan fingerprint density at radius 1 is 1.60 bits per heavy atom. The van der Waals surface area contributed by atoms with Crippen LogP contribution < -0.4 is 5.73 Å². The Balaban J connectivity index is 3.71. The summed E-state index contributed by atoms with van der Waals surface area (Å²) in [5.74, 6) is -0.00407. The summed E-state index contributed by atoms with van der Waals surface area (Å²) in [5, 5.41) is 8.44. The number of aliphatic hydroxyl groups is 1. The molecule has 0 aromatic heterocycles. The summed E-state index contributed by atoms with van der Waals surface area (Å²) in [5.41, 5.74) is 5.42. The normalized spacial score (nSPS) is 13.7. The molecule has 0 saturated carbocycles. The lowest BCUT2D eigenvalue weighted by atomic mass is 10.0. The van der Waals surface area contributed by atoms with E-state index in [1.54, 1.807) is 13.8 Å². The number of carbonyl (C=O) groups excluding carboxylic acids is 1. The molecule has 0 aliphatic rings. The highest BCUT2D eigenvalue weighted by Gasteiger charge is 2.15. The predicted octanol–water partition coefficient (Wildman–Crippen LogP) is -0.0788. The first-order chi connectivity index (χ1) is 4.59. The third-order valence-electron chi connectivity index (χ3n) is 1.37. The molecule has 0 aromatic rings. The average Bonchev–Trinajstić information content (AvgIpc) is 1.87. The van der Waals surface area contributed by atoms with Crippen molar-refractivity contribution in [3.05, 3.63) is 0 Å². The van der Waals surface area contributed by atoms with Crippen LogP contribution in [0, 0.1) is 5.92 Å². The molecule has 60 valence electrons. The number of hydrogen-bond donors (Lipinski definition) is 2. The summed E-state index contributed by atoms with van der Waals surface area (Å²) < 4.78 is 0. The number of aliphatic hydroxyl groups excluding tert-OH is 1. The second kappa shape index (κ2) is 4.41. The zero-order valence-corrected chi connectivity index (χ0v) is 6.50. The van der Waals surface area contributed by atoms with Crippen molar-refractivity contribution in [2.24, 2.45) is 11.7 Å². The third-order valence-corrected chi connectivity index (χ3v) is 1.37. The maximum absolute atomic E-state index is 11.0. The van der Waals surface area contributed by atoms with Gasteiger partial charge in [-0.1, -0.05) is 13.8 Å². The molecule has 3 N–H and O–H groups in total. The van der Waals surface area contributed by atoms with Crippen molar-refractivity contribution in [1.82, 2.24) is 0 Å². The van der Waals surface area contributed by atoms with Crippen molar-refractivity contribution in [2.45, 2.75) is 26.3 Å². The molecule has 1 unspecified atom stereocenters. The van der Waals surface area contributed by atoms with Crippen molar-refractivity contribution in [1.29, 1.82) is 0 Å². The fraction of sp³-hybridized carbons (Fsp3) is 0.857. The molecule has 0 bridgehead atoms. The van der Waals surface area contributed by atoms with E-state index in [0.717, 1.165) is 0 Å². The maximum atomic E-state index is 11.0. The van der Waals surface area contributed by atoms with Crippen LogP contribution in [0.1, 0.15) is 20.3 Å². The summed E-state index contributed by atoms with van der Waals surface area (Å²) in [4.78, 5) is 11.0. The number of carbonyl (C=O) groups is 1. The van der Waals surface area contributed by atoms with Gasteiger partial charge in [-0.15, -0.1) is 0 Å². The Morgan fingerprint density at radius 3 is 2.40 bits per heavy atom. The minimum absolute atomic E-state index is 0.0143. The molecule has 0 aromatic carbocycles. The van der Waals surface area contributed by atoms with Crippen LogP contribution >= 0.6 is 0 Å². The summed E-state index contributed by atoms with van der Waals surface area (Å²) in [7, 11) is 0. The highest BCUT2D eigenvalue weighted by molar-refractivity contribution is 5.85. The first kappa shape index (κ1) is 9.59. The molecule has 0 spiro atoms. The number of rotatable bonds is 4. The van der Waals surface area contributed by atoms with Crippen molar-refractivity contribution < 1.29 is 9.90 Å². The number of hydrogen-bond acceptors (Lipinski definition) is 3. The summed E-state index contributed by atoms with van der Waals surface area (Å²) >= 11 is 0. The minimum atomic E-state index is -0.481. The quantitative estimate of drug-likeness (QED) is 0.581. The van der Waals surface area contributed by atoms with Gasteiger partial charge in [0.2, 0.25) is 0 Å². The third kappa shape index (κ3) is 2.94. The van der Waals surface area contributed by atoms with Crippen LogP contribution in [0.15, 0.2) is 0 Å². The van der Waals surface area contributed by atoms with Gasteiger partial charge in [0.1, 0.15) is 0 Å². The van der Waals surface area contributed by atoms with Crippen molar-refractivity contribution >= 4 is 5.78 Å². The number of nitrogens with two attached hydrogens (primary N) is 1. The van der Waals surface area contributed by atoms with Crippen LogP contribution in [0.5, 0.6) is 0 Å². The minimum Gasteiger partial charge on any atom is -0.396 e. The molecule has 10 heavy (non-hydrogen) atoms. The molecule has 0 aliphatic heterocycles. The number of Topliss-reactive ketones (excluding diaryl/α,β-unsaturated/α-hetero) is 1. The van der Waals surface area contributed by atoms with Crippen LogP contribution in [-0.4, -0.2) is 23.5 Å². The molecule has 0 fully saturated rings. The largest absolute Gasteiger partial charge is 0.396 e. The first-order valence-electron chi connectivity index (χ1n) is 3.49. The molecule has 0 heterocycles. The van der Waals surface area contributed by atoms with Gasteiger partial charge in [-0.25, -0.2) is 0 Å². The van der Waals surface area contributed by atoms with Crippen LogP contribution in [0.2, 0.25) is 0 Å². The van der Waals surface area contributed by atoms with Crippen LogP contribution in [0.3, 0.4) is 0 Å². The van der Waals surface area contributed by atoms with Gasteiger partial charge < -0.3 is 10.8 Å². The average molecular weight is 145 g/mol. The van der Waals surface area contributed by atoms with Crippen LogP contribution in [0.4, 0.5) is 0 Å². The van der Waals surface area contributed by atoms with Crippen LogP contribution in [0.25, 0.3) is 0 Å². The predicted molar refractivity (Wildman–Crippen MR) is 39.5 cm³/mol. The highest BCUT2D eigenvalue weighted by Crippen LogP contribution is 1.99. The maximum Gasteiger partial charge on any atom is 0.152 e. The van der Waals surface area contributed by atoms with E-state index in [0.29, 0.717) is 6.42 Å². The van der Waals surface area contributed by atoms with Crippen molar-refractivity contribution in [2.75, 3.05) is 6.61 Å². The highest BCUT2D eigenvalue weighted by atomic mass is 16.3. The van der Waals surface area contributed by atoms with Crippen molar-refractivity contribution in [3.8, 4) is 0 Å². The van der Waals surface area contributed by atoms with E-state index < -0.39 is 6.04 Å². The second-order valence-corrected chi connectivity index (χ2v) is 2.68. The molecule has 3 nitrogen and oxygen atoms in total. The van der Waals surface area contributed by atoms with E-state index in [4.69, 9.17) is 10.8 Å². The molecule has 0 rings (SSSR count). The van der Waals surface area contributed by atoms with E-state index in [-0.39, 0.29) is 18.3 Å². The van der Waals surface area contributed by atoms with Gasteiger partial charge in [-0.3, -0.25) is 4.79 Å². The summed E-state index contributed by atoms with van der Waals surface area (Å²) in [6.07, 6.45) is 0.372. The Morgan fingerprint density at radius 2 is 2.10 bits per heavy atom. The lowest BCUT2D eigenvalue weighted by molar-refractivity contribution is -0.123. The second-order valence-electron chi connectivity index (χ2n) is 2.68. The van der Waals surface area contributed by atoms with E-state index >= 15 is 0 Å². The fourth-order valence-electron chi connectivity index (χ4n) is 0.709. The Hall–Kier alpha value is -0.410. The van der Waals surface area contributed by atoms with E-state index in [1.807, 2.05) is 0 Å². The number of ketones is 1. The summed E-state index contributed by atoms with van der Waals surface area (Å²) in [6, 6.07) is -0.481. The molecule has 1 atom stereocenters. The standard InChI is InChI=1S/C7H15NO2/c1-5(2)7(10)6(8)3-4-9/h5-6,9H,3-4,8H2,1-2H3. The Kier molecular flexibility index (Phi) is 4.23. The molecule has 0 amide bonds. The topological polar surface area (TPSA) is 63.3 Å². The summed E-state index contributed by atoms with van der Waals surface area (Å²) in [6.45, 7) is 3.60. The molecule has 0 saturated heterocycles. The van der Waals surface area contributed by atoms with E-state index in [2.05, 4.69) is 0 Å². The van der Waals surface area contributed by atoms with Gasteiger partial charge >= 0.3 is 0 Å². The molecule has 3 heteroatoms. The van der Waals surface area contributed by atoms with Gasteiger partial charge in [0, 0.05) is 12.5 Å². The van der Waals surface area contributed by atoms with Gasteiger partial charge in [0.15, 0.2) is 5.78 Å². The fourth-order valence-corrected chi connectivity index (χ4v) is 0.709. The smallest absolute Gasteiger partial charge is 0.152 e. The van der Waals surface area contributed by atoms with Gasteiger partial charge in [0.05, 0.1) is 6.04 Å². The van der Waals surface area contributed by atoms with Gasteiger partial charge in [-0.2, -0.15) is 0 Å². The molecular formula is C7H15NO2.